The van der Waals surface area contributed by atoms with E-state index in [1.165, 1.54) is 34.8 Å². The predicted molar refractivity (Wildman–Crippen MR) is 89.2 cm³/mol. The van der Waals surface area contributed by atoms with Gasteiger partial charge in [-0.15, -0.1) is 11.8 Å². The van der Waals surface area contributed by atoms with Crippen LogP contribution in [0.4, 0.5) is 8.78 Å². The van der Waals surface area contributed by atoms with Gasteiger partial charge in [0.05, 0.1) is 10.9 Å². The molecule has 1 aromatic carbocycles. The van der Waals surface area contributed by atoms with Gasteiger partial charge in [0, 0.05) is 17.2 Å². The highest BCUT2D eigenvalue weighted by molar-refractivity contribution is 7.98. The van der Waals surface area contributed by atoms with E-state index in [2.05, 4.69) is 14.8 Å². The van der Waals surface area contributed by atoms with Crippen LogP contribution in [0.5, 0.6) is 5.75 Å². The molecule has 2 aromatic heterocycles. The van der Waals surface area contributed by atoms with Crippen LogP contribution in [0.15, 0.2) is 35.4 Å². The van der Waals surface area contributed by atoms with Gasteiger partial charge in [-0.1, -0.05) is 11.6 Å². The number of benzene rings is 1. The highest BCUT2D eigenvalue weighted by Crippen LogP contribution is 2.32. The van der Waals surface area contributed by atoms with Gasteiger partial charge < -0.3 is 9.84 Å². The van der Waals surface area contributed by atoms with Crippen LogP contribution in [0.3, 0.4) is 0 Å². The Labute approximate surface area is 149 Å². The van der Waals surface area contributed by atoms with Gasteiger partial charge in [0.15, 0.2) is 11.4 Å². The van der Waals surface area contributed by atoms with Crippen molar-refractivity contribution in [2.75, 3.05) is 6.26 Å². The molecule has 0 aliphatic heterocycles. The van der Waals surface area contributed by atoms with Gasteiger partial charge >= 0.3 is 12.6 Å². The topological polar surface area (TPSA) is 77.2 Å². The summed E-state index contributed by atoms with van der Waals surface area (Å²) in [5.74, 6) is -1.41. The Morgan fingerprint density at radius 1 is 1.40 bits per heavy atom. The van der Waals surface area contributed by atoms with Crippen molar-refractivity contribution in [2.45, 2.75) is 11.5 Å². The van der Waals surface area contributed by atoms with Crippen LogP contribution in [-0.2, 0) is 0 Å². The third-order valence-electron chi connectivity index (χ3n) is 3.34. The molecule has 1 N–H and O–H groups in total. The minimum atomic E-state index is -3.04. The molecule has 0 radical (unpaired) electrons. The normalized spacial score (nSPS) is 11.2. The molecule has 0 aliphatic rings. The predicted octanol–water partition coefficient (Wildman–Crippen LogP) is 4.10. The summed E-state index contributed by atoms with van der Waals surface area (Å²) in [5.41, 5.74) is 0.221. The van der Waals surface area contributed by atoms with Crippen LogP contribution in [0.1, 0.15) is 10.5 Å². The minimum absolute atomic E-state index is 0.114. The molecule has 130 valence electrons. The zero-order chi connectivity index (χ0) is 18.1. The fourth-order valence-corrected chi connectivity index (χ4v) is 2.90. The van der Waals surface area contributed by atoms with Crippen LogP contribution in [0.2, 0.25) is 5.15 Å². The lowest BCUT2D eigenvalue weighted by atomic mass is 10.2. The van der Waals surface area contributed by atoms with Crippen LogP contribution in [0, 0.1) is 0 Å². The number of carbonyl (C=O) groups is 1. The molecule has 25 heavy (non-hydrogen) atoms. The standard InChI is InChI=1S/C15H10ClF2N3O3S/c1-25-7-2-3-11(24-15(17)18)10(4-7)21-9-5-12(16)19-6-8(9)13(20-21)14(22)23/h2-6,15H,1H3,(H,22,23). The summed E-state index contributed by atoms with van der Waals surface area (Å²) in [6.07, 6.45) is 3.09. The molecule has 0 saturated carbocycles. The van der Waals surface area contributed by atoms with Gasteiger partial charge in [-0.3, -0.25) is 0 Å². The maximum absolute atomic E-state index is 12.7. The lowest BCUT2D eigenvalue weighted by molar-refractivity contribution is -0.0499. The van der Waals surface area contributed by atoms with Gasteiger partial charge in [-0.25, -0.2) is 14.5 Å². The van der Waals surface area contributed by atoms with Crippen LogP contribution >= 0.6 is 23.4 Å². The van der Waals surface area contributed by atoms with Crippen molar-refractivity contribution in [3.8, 4) is 11.4 Å². The molecule has 3 rings (SSSR count). The van der Waals surface area contributed by atoms with E-state index in [0.29, 0.717) is 5.52 Å². The number of pyridine rings is 1. The second-order valence-electron chi connectivity index (χ2n) is 4.80. The number of rotatable bonds is 5. The molecular formula is C15H10ClF2N3O3S. The first-order valence-electron chi connectivity index (χ1n) is 6.81. The molecule has 0 fully saturated rings. The number of carboxylic acids is 1. The summed E-state index contributed by atoms with van der Waals surface area (Å²) in [6.45, 7) is -3.04. The fraction of sp³-hybridized carbons (Fsp3) is 0.133. The Morgan fingerprint density at radius 3 is 2.80 bits per heavy atom. The number of ether oxygens (including phenoxy) is 1. The van der Waals surface area contributed by atoms with E-state index in [0.717, 1.165) is 4.90 Å². The van der Waals surface area contributed by atoms with E-state index in [1.807, 2.05) is 6.26 Å². The lowest BCUT2D eigenvalue weighted by Crippen LogP contribution is -2.08. The zero-order valence-corrected chi connectivity index (χ0v) is 14.2. The highest BCUT2D eigenvalue weighted by atomic mass is 35.5. The SMILES string of the molecule is CSc1ccc(OC(F)F)c(-n2nc(C(=O)O)c3cnc(Cl)cc32)c1. The first kappa shape index (κ1) is 17.4. The second kappa shape index (κ2) is 6.85. The molecule has 6 nitrogen and oxygen atoms in total. The van der Waals surface area contributed by atoms with E-state index < -0.39 is 12.6 Å². The average Bonchev–Trinajstić information content (AvgIpc) is 2.93. The maximum Gasteiger partial charge on any atom is 0.387 e. The summed E-state index contributed by atoms with van der Waals surface area (Å²) < 4.78 is 31.2. The number of thioether (sulfide) groups is 1. The maximum atomic E-state index is 12.7. The molecule has 0 saturated heterocycles. The molecule has 10 heteroatoms. The minimum Gasteiger partial charge on any atom is -0.476 e. The first-order valence-corrected chi connectivity index (χ1v) is 8.41. The van der Waals surface area contributed by atoms with E-state index in [1.54, 1.807) is 12.1 Å². The summed E-state index contributed by atoms with van der Waals surface area (Å²) in [7, 11) is 0. The van der Waals surface area contributed by atoms with Gasteiger partial charge in [0.25, 0.3) is 0 Å². The van der Waals surface area contributed by atoms with Gasteiger partial charge in [-0.2, -0.15) is 13.9 Å². The van der Waals surface area contributed by atoms with E-state index >= 15 is 0 Å². The number of aromatic carboxylic acids is 1. The van der Waals surface area contributed by atoms with Crippen molar-refractivity contribution in [1.82, 2.24) is 14.8 Å². The summed E-state index contributed by atoms with van der Waals surface area (Å²) in [5, 5.41) is 13.7. The zero-order valence-electron chi connectivity index (χ0n) is 12.6. The van der Waals surface area contributed by atoms with Crippen LogP contribution in [-0.4, -0.2) is 38.7 Å². The highest BCUT2D eigenvalue weighted by Gasteiger charge is 2.21. The van der Waals surface area contributed by atoms with Crippen molar-refractivity contribution in [2.24, 2.45) is 0 Å². The smallest absolute Gasteiger partial charge is 0.387 e. The molecule has 0 amide bonds. The number of nitrogens with zero attached hydrogens (tertiary/aromatic N) is 3. The number of alkyl halides is 2. The van der Waals surface area contributed by atoms with Crippen molar-refractivity contribution in [3.63, 3.8) is 0 Å². The van der Waals surface area contributed by atoms with Gasteiger partial charge in [-0.05, 0) is 24.5 Å². The largest absolute Gasteiger partial charge is 0.476 e. The van der Waals surface area contributed by atoms with E-state index in [4.69, 9.17) is 11.6 Å². The van der Waals surface area contributed by atoms with E-state index in [-0.39, 0.29) is 27.7 Å². The molecule has 0 bridgehead atoms. The van der Waals surface area contributed by atoms with E-state index in [9.17, 15) is 18.7 Å². The summed E-state index contributed by atoms with van der Waals surface area (Å²) >= 11 is 7.28. The number of halogens is 3. The number of fused-ring (bicyclic) bond motifs is 1. The number of carboxylic acid groups (broad SMARTS) is 1. The molecule has 2 heterocycles. The third-order valence-corrected chi connectivity index (χ3v) is 4.28. The number of hydrogen-bond donors (Lipinski definition) is 1. The molecule has 3 aromatic rings. The van der Waals surface area contributed by atoms with Crippen LogP contribution < -0.4 is 4.74 Å². The monoisotopic (exact) mass is 385 g/mol. The number of aromatic nitrogens is 3. The molecule has 0 atom stereocenters. The molecule has 0 spiro atoms. The van der Waals surface area contributed by atoms with Crippen molar-refractivity contribution in [3.05, 3.63) is 41.3 Å². The third kappa shape index (κ3) is 3.38. The Balaban J connectivity index is 2.32. The second-order valence-corrected chi connectivity index (χ2v) is 6.07. The lowest BCUT2D eigenvalue weighted by Gasteiger charge is -2.12. The Hall–Kier alpha value is -2.39. The first-order chi connectivity index (χ1) is 11.9. The van der Waals surface area contributed by atoms with Crippen molar-refractivity contribution in [1.29, 1.82) is 0 Å². The summed E-state index contributed by atoms with van der Waals surface area (Å²) in [6, 6.07) is 5.98. The van der Waals surface area contributed by atoms with Gasteiger partial charge in [0.1, 0.15) is 10.8 Å². The van der Waals surface area contributed by atoms with Crippen molar-refractivity contribution >= 4 is 40.2 Å². The Bertz CT molecular complexity index is 965. The average molecular weight is 386 g/mol. The van der Waals surface area contributed by atoms with Gasteiger partial charge in [0.2, 0.25) is 0 Å². The quantitative estimate of drug-likeness (QED) is 0.526. The Kier molecular flexibility index (Phi) is 4.78. The van der Waals surface area contributed by atoms with Crippen molar-refractivity contribution < 1.29 is 23.4 Å². The summed E-state index contributed by atoms with van der Waals surface area (Å²) in [4.78, 5) is 16.1. The number of hydrogen-bond acceptors (Lipinski definition) is 5. The molecular weight excluding hydrogens is 376 g/mol. The molecule has 0 aliphatic carbocycles. The fourth-order valence-electron chi connectivity index (χ4n) is 2.31. The Morgan fingerprint density at radius 2 is 2.16 bits per heavy atom. The van der Waals surface area contributed by atoms with Crippen LogP contribution in [0.25, 0.3) is 16.6 Å². The molecule has 0 unspecified atom stereocenters.